The second-order valence-corrected chi connectivity index (χ2v) is 7.17. The Morgan fingerprint density at radius 2 is 2.29 bits per heavy atom. The van der Waals surface area contributed by atoms with Crippen molar-refractivity contribution >= 4 is 50.5 Å². The van der Waals surface area contributed by atoms with E-state index < -0.39 is 0 Å². The van der Waals surface area contributed by atoms with Gasteiger partial charge in [0.15, 0.2) is 0 Å². The molecule has 3 nitrogen and oxygen atoms in total. The SMILES string of the molecule is O=C(NCC1CCCNC1)c1sc2cc(Cl)ccc2c1Cl. The highest BCUT2D eigenvalue weighted by atomic mass is 35.5. The first-order valence-corrected chi connectivity index (χ1v) is 8.59. The third-order valence-corrected chi connectivity index (χ3v) is 5.64. The van der Waals surface area contributed by atoms with Gasteiger partial charge in [0.25, 0.3) is 5.91 Å². The average Bonchev–Trinajstić information content (AvgIpc) is 2.82. The number of carbonyl (C=O) groups excluding carboxylic acids is 1. The molecule has 0 aliphatic carbocycles. The highest BCUT2D eigenvalue weighted by molar-refractivity contribution is 7.21. The Hall–Kier alpha value is -0.810. The summed E-state index contributed by atoms with van der Waals surface area (Å²) in [6.45, 7) is 2.74. The van der Waals surface area contributed by atoms with Gasteiger partial charge in [0.2, 0.25) is 0 Å². The molecular weight excluding hydrogens is 327 g/mol. The zero-order valence-corrected chi connectivity index (χ0v) is 13.7. The molecule has 1 atom stereocenters. The Labute approximate surface area is 137 Å². The molecule has 1 amide bonds. The van der Waals surface area contributed by atoms with E-state index in [1.54, 1.807) is 6.07 Å². The number of piperidine rings is 1. The number of carbonyl (C=O) groups is 1. The molecule has 0 bridgehead atoms. The third-order valence-electron chi connectivity index (χ3n) is 3.75. The minimum absolute atomic E-state index is 0.0945. The summed E-state index contributed by atoms with van der Waals surface area (Å²) >= 11 is 13.7. The van der Waals surface area contributed by atoms with Crippen molar-refractivity contribution < 1.29 is 4.79 Å². The second-order valence-electron chi connectivity index (χ2n) is 5.31. The number of halogens is 2. The molecule has 1 fully saturated rings. The number of nitrogens with one attached hydrogen (secondary N) is 2. The van der Waals surface area contributed by atoms with Crippen molar-refractivity contribution in [1.29, 1.82) is 0 Å². The normalized spacial score (nSPS) is 18.9. The molecule has 2 N–H and O–H groups in total. The molecule has 0 spiro atoms. The van der Waals surface area contributed by atoms with Gasteiger partial charge in [-0.15, -0.1) is 11.3 Å². The summed E-state index contributed by atoms with van der Waals surface area (Å²) in [5.41, 5.74) is 0. The van der Waals surface area contributed by atoms with Crippen molar-refractivity contribution in [3.63, 3.8) is 0 Å². The number of hydrogen-bond acceptors (Lipinski definition) is 3. The van der Waals surface area contributed by atoms with E-state index in [1.165, 1.54) is 17.8 Å². The fourth-order valence-electron chi connectivity index (χ4n) is 2.60. The summed E-state index contributed by atoms with van der Waals surface area (Å²) < 4.78 is 0.942. The van der Waals surface area contributed by atoms with Crippen LogP contribution in [0.15, 0.2) is 18.2 Å². The molecule has 0 saturated carbocycles. The second kappa shape index (κ2) is 6.53. The van der Waals surface area contributed by atoms with Crippen LogP contribution in [0.3, 0.4) is 0 Å². The monoisotopic (exact) mass is 342 g/mol. The molecule has 1 aromatic carbocycles. The van der Waals surface area contributed by atoms with Gasteiger partial charge in [-0.25, -0.2) is 0 Å². The fourth-order valence-corrected chi connectivity index (χ4v) is 4.31. The fraction of sp³-hybridized carbons (Fsp3) is 0.400. The summed E-state index contributed by atoms with van der Waals surface area (Å²) in [5.74, 6) is 0.410. The molecular formula is C15H16Cl2N2OS. The number of hydrogen-bond donors (Lipinski definition) is 2. The minimum Gasteiger partial charge on any atom is -0.351 e. The van der Waals surface area contributed by atoms with Crippen molar-refractivity contribution in [1.82, 2.24) is 10.6 Å². The Bertz CT molecular complexity index is 665. The van der Waals surface area contributed by atoms with E-state index in [2.05, 4.69) is 10.6 Å². The number of thiophene rings is 1. The smallest absolute Gasteiger partial charge is 0.262 e. The molecule has 112 valence electrons. The van der Waals surface area contributed by atoms with Crippen LogP contribution in [-0.2, 0) is 0 Å². The maximum absolute atomic E-state index is 12.3. The first-order valence-electron chi connectivity index (χ1n) is 7.01. The average molecular weight is 343 g/mol. The molecule has 1 aliphatic rings. The first kappa shape index (κ1) is 15.1. The first-order chi connectivity index (χ1) is 10.1. The molecule has 0 radical (unpaired) electrons. The van der Waals surface area contributed by atoms with E-state index in [1.807, 2.05) is 12.1 Å². The van der Waals surface area contributed by atoms with Gasteiger partial charge in [0, 0.05) is 21.7 Å². The summed E-state index contributed by atoms with van der Waals surface area (Å²) in [7, 11) is 0. The zero-order valence-electron chi connectivity index (χ0n) is 11.4. The molecule has 2 aromatic rings. The standard InChI is InChI=1S/C15H16Cl2N2OS/c16-10-3-4-11-12(6-10)21-14(13(11)17)15(20)19-8-9-2-1-5-18-7-9/h3-4,6,9,18H,1-2,5,7-8H2,(H,19,20). The quantitative estimate of drug-likeness (QED) is 0.886. The van der Waals surface area contributed by atoms with Crippen molar-refractivity contribution in [3.05, 3.63) is 33.1 Å². The lowest BCUT2D eigenvalue weighted by Gasteiger charge is -2.22. The van der Waals surface area contributed by atoms with Crippen molar-refractivity contribution in [3.8, 4) is 0 Å². The maximum atomic E-state index is 12.3. The maximum Gasteiger partial charge on any atom is 0.262 e. The van der Waals surface area contributed by atoms with Crippen LogP contribution < -0.4 is 10.6 Å². The van der Waals surface area contributed by atoms with Gasteiger partial charge in [0.05, 0.1) is 5.02 Å². The number of benzene rings is 1. The predicted octanol–water partition coefficient (Wildman–Crippen LogP) is 3.94. The molecule has 1 aliphatic heterocycles. The Balaban J connectivity index is 1.73. The molecule has 1 aromatic heterocycles. The Morgan fingerprint density at radius 1 is 1.43 bits per heavy atom. The lowest BCUT2D eigenvalue weighted by atomic mass is 10.00. The van der Waals surface area contributed by atoms with Gasteiger partial charge < -0.3 is 10.6 Å². The number of fused-ring (bicyclic) bond motifs is 1. The number of amides is 1. The van der Waals surface area contributed by atoms with Crippen molar-refractivity contribution in [2.75, 3.05) is 19.6 Å². The van der Waals surface area contributed by atoms with E-state index >= 15 is 0 Å². The van der Waals surface area contributed by atoms with Gasteiger partial charge in [-0.1, -0.05) is 29.3 Å². The van der Waals surface area contributed by atoms with Crippen LogP contribution in [0, 0.1) is 5.92 Å². The van der Waals surface area contributed by atoms with Crippen LogP contribution in [0.5, 0.6) is 0 Å². The lowest BCUT2D eigenvalue weighted by Crippen LogP contribution is -2.37. The molecule has 21 heavy (non-hydrogen) atoms. The van der Waals surface area contributed by atoms with Gasteiger partial charge in [-0.2, -0.15) is 0 Å². The van der Waals surface area contributed by atoms with Gasteiger partial charge >= 0.3 is 0 Å². The molecule has 6 heteroatoms. The van der Waals surface area contributed by atoms with Crippen LogP contribution >= 0.6 is 34.5 Å². The summed E-state index contributed by atoms with van der Waals surface area (Å²) in [5, 5.41) is 8.40. The van der Waals surface area contributed by atoms with Crippen molar-refractivity contribution in [2.24, 2.45) is 5.92 Å². The lowest BCUT2D eigenvalue weighted by molar-refractivity contribution is 0.0949. The minimum atomic E-state index is -0.0945. The van der Waals surface area contributed by atoms with E-state index in [0.717, 1.165) is 29.6 Å². The van der Waals surface area contributed by atoms with Gasteiger partial charge in [-0.3, -0.25) is 4.79 Å². The zero-order chi connectivity index (χ0) is 14.8. The van der Waals surface area contributed by atoms with Crippen LogP contribution in [-0.4, -0.2) is 25.5 Å². The van der Waals surface area contributed by atoms with Crippen LogP contribution in [0.25, 0.3) is 10.1 Å². The molecule has 3 rings (SSSR count). The largest absolute Gasteiger partial charge is 0.351 e. The van der Waals surface area contributed by atoms with E-state index in [9.17, 15) is 4.79 Å². The molecule has 2 heterocycles. The van der Waals surface area contributed by atoms with Gasteiger partial charge in [0.1, 0.15) is 4.88 Å². The summed E-state index contributed by atoms with van der Waals surface area (Å²) in [6.07, 6.45) is 2.33. The highest BCUT2D eigenvalue weighted by Gasteiger charge is 2.19. The topological polar surface area (TPSA) is 41.1 Å². The van der Waals surface area contributed by atoms with E-state index in [0.29, 0.717) is 27.4 Å². The summed E-state index contributed by atoms with van der Waals surface area (Å²) in [4.78, 5) is 12.9. The van der Waals surface area contributed by atoms with E-state index in [-0.39, 0.29) is 5.91 Å². The number of rotatable bonds is 3. The van der Waals surface area contributed by atoms with Crippen molar-refractivity contribution in [2.45, 2.75) is 12.8 Å². The van der Waals surface area contributed by atoms with Crippen LogP contribution in [0.2, 0.25) is 10.0 Å². The Morgan fingerprint density at radius 3 is 3.05 bits per heavy atom. The van der Waals surface area contributed by atoms with Gasteiger partial charge in [-0.05, 0) is 44.0 Å². The van der Waals surface area contributed by atoms with Crippen LogP contribution in [0.4, 0.5) is 0 Å². The Kier molecular flexibility index (Phi) is 4.69. The molecule has 1 unspecified atom stereocenters. The highest BCUT2D eigenvalue weighted by Crippen LogP contribution is 2.36. The predicted molar refractivity (Wildman–Crippen MR) is 89.8 cm³/mol. The third kappa shape index (κ3) is 3.34. The van der Waals surface area contributed by atoms with Crippen LogP contribution in [0.1, 0.15) is 22.5 Å². The summed E-state index contributed by atoms with van der Waals surface area (Å²) in [6, 6.07) is 5.49. The molecule has 1 saturated heterocycles. The van der Waals surface area contributed by atoms with E-state index in [4.69, 9.17) is 23.2 Å².